The van der Waals surface area contributed by atoms with Crippen molar-refractivity contribution in [3.8, 4) is 5.75 Å². The minimum atomic E-state index is -0.313. The first-order valence-electron chi connectivity index (χ1n) is 13.4. The van der Waals surface area contributed by atoms with Crippen LogP contribution in [0, 0.1) is 11.8 Å². The fraction of sp³-hybridized carbons (Fsp3) is 0.500. The van der Waals surface area contributed by atoms with Gasteiger partial charge in [0.15, 0.2) is 18.2 Å². The molecule has 1 aromatic carbocycles. The summed E-state index contributed by atoms with van der Waals surface area (Å²) in [5.74, 6) is 2.21. The van der Waals surface area contributed by atoms with E-state index in [4.69, 9.17) is 21.3 Å². The van der Waals surface area contributed by atoms with Crippen molar-refractivity contribution >= 4 is 45.9 Å². The van der Waals surface area contributed by atoms with Crippen LogP contribution < -0.4 is 25.8 Å². The first kappa shape index (κ1) is 28.6. The Morgan fingerprint density at radius 2 is 2.08 bits per heavy atom. The van der Waals surface area contributed by atoms with Gasteiger partial charge in [-0.2, -0.15) is 4.98 Å². The predicted octanol–water partition coefficient (Wildman–Crippen LogP) is 3.75. The number of pyridine rings is 1. The Balaban J connectivity index is 1.65. The van der Waals surface area contributed by atoms with Gasteiger partial charge >= 0.3 is 0 Å². The average molecular weight is 556 g/mol. The maximum atomic E-state index is 13.2. The van der Waals surface area contributed by atoms with E-state index < -0.39 is 0 Å². The largest absolute Gasteiger partial charge is 0.478 e. The Kier molecular flexibility index (Phi) is 9.29. The summed E-state index contributed by atoms with van der Waals surface area (Å²) in [5, 5.41) is 7.04. The highest BCUT2D eigenvalue weighted by Crippen LogP contribution is 2.30. The Morgan fingerprint density at radius 1 is 1.28 bits per heavy atom. The van der Waals surface area contributed by atoms with Crippen molar-refractivity contribution in [2.45, 2.75) is 33.2 Å². The molecule has 3 heterocycles. The van der Waals surface area contributed by atoms with Gasteiger partial charge in [-0.15, -0.1) is 0 Å². The first-order valence-corrected chi connectivity index (χ1v) is 13.7. The third kappa shape index (κ3) is 6.99. The van der Waals surface area contributed by atoms with Crippen molar-refractivity contribution in [2.75, 3.05) is 57.6 Å². The van der Waals surface area contributed by atoms with Crippen LogP contribution in [-0.2, 0) is 11.3 Å². The number of halogens is 1. The van der Waals surface area contributed by atoms with Gasteiger partial charge in [0.1, 0.15) is 5.02 Å². The summed E-state index contributed by atoms with van der Waals surface area (Å²) in [4.78, 5) is 38.5. The molecule has 3 aromatic rings. The van der Waals surface area contributed by atoms with Crippen molar-refractivity contribution in [3.05, 3.63) is 45.8 Å². The smallest absolute Gasteiger partial charge is 0.293 e. The number of piperidine rings is 1. The Morgan fingerprint density at radius 3 is 2.79 bits per heavy atom. The molecule has 0 unspecified atom stereocenters. The molecular weight excluding hydrogens is 518 g/mol. The molecule has 2 N–H and O–H groups in total. The lowest BCUT2D eigenvalue weighted by atomic mass is 9.88. The summed E-state index contributed by atoms with van der Waals surface area (Å²) in [7, 11) is 5.43. The standard InChI is InChI=1S/C28H38ClN7O3/c1-18(2)19-7-6-10-35(16-19)28-31-15-22(29)26(33-28)32-21-8-9-23-20(13-21)14-24(39-17-25(37)30-3)27(38)36(23)12-11-34(4)5/h8-9,13-15,18-19H,6-7,10-12,16-17H2,1-5H3,(H,30,37)(H,31,32,33)/t19-/m0/s1. The highest BCUT2D eigenvalue weighted by Gasteiger charge is 2.24. The minimum Gasteiger partial charge on any atom is -0.478 e. The Hall–Kier alpha value is -3.37. The topological polar surface area (TPSA) is 105 Å². The SMILES string of the molecule is CNC(=O)COc1cc2cc(Nc3nc(N4CCC[C@H](C(C)C)C4)ncc3Cl)ccc2n(CCN(C)C)c1=O. The monoisotopic (exact) mass is 555 g/mol. The first-order chi connectivity index (χ1) is 18.7. The summed E-state index contributed by atoms with van der Waals surface area (Å²) in [6.45, 7) is 7.27. The molecule has 10 nitrogen and oxygen atoms in total. The van der Waals surface area contributed by atoms with Crippen molar-refractivity contribution in [1.82, 2.24) is 24.8 Å². The van der Waals surface area contributed by atoms with Crippen molar-refractivity contribution in [2.24, 2.45) is 11.8 Å². The Bertz CT molecular complexity index is 1380. The van der Waals surface area contributed by atoms with Crippen molar-refractivity contribution in [3.63, 3.8) is 0 Å². The second-order valence-corrected chi connectivity index (χ2v) is 11.0. The summed E-state index contributed by atoms with van der Waals surface area (Å²) in [6, 6.07) is 7.38. The van der Waals surface area contributed by atoms with Gasteiger partial charge in [0.2, 0.25) is 5.95 Å². The zero-order valence-electron chi connectivity index (χ0n) is 23.3. The van der Waals surface area contributed by atoms with E-state index in [1.165, 1.54) is 13.5 Å². The number of amides is 1. The molecular formula is C28H38ClN7O3. The van der Waals surface area contributed by atoms with Gasteiger partial charge in [-0.3, -0.25) is 9.59 Å². The third-order valence-electron chi connectivity index (χ3n) is 7.15. The summed E-state index contributed by atoms with van der Waals surface area (Å²) >= 11 is 6.50. The fourth-order valence-electron chi connectivity index (χ4n) is 4.75. The maximum Gasteiger partial charge on any atom is 0.293 e. The molecule has 2 aromatic heterocycles. The normalized spacial score (nSPS) is 15.7. The number of hydrogen-bond acceptors (Lipinski definition) is 8. The number of carbonyl (C=O) groups excluding carboxylic acids is 1. The number of nitrogens with zero attached hydrogens (tertiary/aromatic N) is 5. The molecule has 1 fully saturated rings. The predicted molar refractivity (Wildman–Crippen MR) is 156 cm³/mol. The second kappa shape index (κ2) is 12.7. The molecule has 39 heavy (non-hydrogen) atoms. The van der Waals surface area contributed by atoms with Crippen molar-refractivity contribution in [1.29, 1.82) is 0 Å². The lowest BCUT2D eigenvalue weighted by molar-refractivity contribution is -0.122. The molecule has 11 heteroatoms. The highest BCUT2D eigenvalue weighted by molar-refractivity contribution is 6.32. The number of likely N-dealkylation sites (N-methyl/N-ethyl adjacent to an activating group) is 2. The van der Waals surface area contributed by atoms with E-state index in [9.17, 15) is 9.59 Å². The van der Waals surface area contributed by atoms with Gasteiger partial charge in [-0.1, -0.05) is 25.4 Å². The lowest BCUT2D eigenvalue weighted by Gasteiger charge is -2.34. The molecule has 210 valence electrons. The molecule has 0 bridgehead atoms. The summed E-state index contributed by atoms with van der Waals surface area (Å²) < 4.78 is 7.28. The Labute approximate surface area is 234 Å². The molecule has 4 rings (SSSR count). The van der Waals surface area contributed by atoms with Gasteiger partial charge in [0.05, 0.1) is 11.7 Å². The summed E-state index contributed by atoms with van der Waals surface area (Å²) in [6.07, 6.45) is 3.97. The van der Waals surface area contributed by atoms with Crippen LogP contribution in [0.5, 0.6) is 5.75 Å². The molecule has 0 spiro atoms. The van der Waals surface area contributed by atoms with Crippen molar-refractivity contribution < 1.29 is 9.53 Å². The average Bonchev–Trinajstić information content (AvgIpc) is 2.92. The van der Waals surface area contributed by atoms with E-state index in [2.05, 4.69) is 34.4 Å². The van der Waals surface area contributed by atoms with E-state index in [1.54, 1.807) is 16.8 Å². The number of rotatable bonds is 10. The van der Waals surface area contributed by atoms with Gasteiger partial charge in [0, 0.05) is 44.3 Å². The number of benzene rings is 1. The molecule has 1 amide bonds. The van der Waals surface area contributed by atoms with Crippen LogP contribution in [0.3, 0.4) is 0 Å². The zero-order chi connectivity index (χ0) is 28.1. The third-order valence-corrected chi connectivity index (χ3v) is 7.42. The number of ether oxygens (including phenoxy) is 1. The number of hydrogen-bond donors (Lipinski definition) is 2. The molecule has 1 aliphatic heterocycles. The van der Waals surface area contributed by atoms with Crippen LogP contribution in [0.15, 0.2) is 35.3 Å². The summed E-state index contributed by atoms with van der Waals surface area (Å²) in [5.41, 5.74) is 1.24. The lowest BCUT2D eigenvalue weighted by Crippen LogP contribution is -2.38. The number of nitrogens with one attached hydrogen (secondary N) is 2. The van der Waals surface area contributed by atoms with Crippen LogP contribution >= 0.6 is 11.6 Å². The molecule has 1 aliphatic rings. The molecule has 1 saturated heterocycles. The van der Waals surface area contributed by atoms with E-state index in [0.717, 1.165) is 36.1 Å². The van der Waals surface area contributed by atoms with E-state index >= 15 is 0 Å². The van der Waals surface area contributed by atoms with Crippen LogP contribution in [0.1, 0.15) is 26.7 Å². The van der Waals surface area contributed by atoms with Gasteiger partial charge in [-0.05, 0) is 63.0 Å². The van der Waals surface area contributed by atoms with E-state index in [-0.39, 0.29) is 23.8 Å². The van der Waals surface area contributed by atoms with Crippen LogP contribution in [0.2, 0.25) is 5.02 Å². The van der Waals surface area contributed by atoms with Crippen LogP contribution in [-0.4, -0.2) is 72.7 Å². The molecule has 0 saturated carbocycles. The molecule has 0 radical (unpaired) electrons. The number of fused-ring (bicyclic) bond motifs is 1. The maximum absolute atomic E-state index is 13.2. The van der Waals surface area contributed by atoms with E-state index in [1.807, 2.05) is 37.2 Å². The van der Waals surface area contributed by atoms with Crippen LogP contribution in [0.4, 0.5) is 17.5 Å². The minimum absolute atomic E-state index is 0.120. The van der Waals surface area contributed by atoms with Gasteiger partial charge < -0.3 is 29.7 Å². The highest BCUT2D eigenvalue weighted by atomic mass is 35.5. The number of anilines is 3. The second-order valence-electron chi connectivity index (χ2n) is 10.6. The van der Waals surface area contributed by atoms with E-state index in [0.29, 0.717) is 41.7 Å². The van der Waals surface area contributed by atoms with Gasteiger partial charge in [-0.25, -0.2) is 4.98 Å². The zero-order valence-corrected chi connectivity index (χ0v) is 24.1. The fourth-order valence-corrected chi connectivity index (χ4v) is 4.89. The van der Waals surface area contributed by atoms with Crippen LogP contribution in [0.25, 0.3) is 10.9 Å². The molecule has 0 aliphatic carbocycles. The van der Waals surface area contributed by atoms with Gasteiger partial charge in [0.25, 0.3) is 11.5 Å². The number of carbonyl (C=O) groups is 1. The molecule has 1 atom stereocenters. The quantitative estimate of drug-likeness (QED) is 0.390. The number of aromatic nitrogens is 3.